The van der Waals surface area contributed by atoms with Crippen molar-refractivity contribution < 1.29 is 14.3 Å². The minimum Gasteiger partial charge on any atom is -0.469 e. The molecule has 0 saturated heterocycles. The number of rotatable bonds is 8. The molecule has 21 heavy (non-hydrogen) atoms. The second-order valence-corrected chi connectivity index (χ2v) is 5.87. The first-order valence-corrected chi connectivity index (χ1v) is 8.16. The first kappa shape index (κ1) is 17.9. The highest BCUT2D eigenvalue weighted by Crippen LogP contribution is 2.27. The Kier molecular flexibility index (Phi) is 8.23. The van der Waals surface area contributed by atoms with Gasteiger partial charge < -0.3 is 9.64 Å². The van der Waals surface area contributed by atoms with Gasteiger partial charge in [0.1, 0.15) is 0 Å². The molecule has 0 spiro atoms. The van der Waals surface area contributed by atoms with E-state index >= 15 is 0 Å². The third-order valence-corrected chi connectivity index (χ3v) is 4.47. The predicted octanol–water partition coefficient (Wildman–Crippen LogP) is 3.23. The lowest BCUT2D eigenvalue weighted by molar-refractivity contribution is -0.141. The lowest BCUT2D eigenvalue weighted by atomic mass is 10.3. The molecule has 0 bridgehead atoms. The highest BCUT2D eigenvalue weighted by molar-refractivity contribution is 7.99. The van der Waals surface area contributed by atoms with Crippen molar-refractivity contribution >= 4 is 35.2 Å². The summed E-state index contributed by atoms with van der Waals surface area (Å²) in [6, 6.07) is 7.57. The molecule has 1 amide bonds. The van der Waals surface area contributed by atoms with Gasteiger partial charge in [0.05, 0.1) is 18.6 Å². The Labute approximate surface area is 134 Å². The van der Waals surface area contributed by atoms with Gasteiger partial charge in [-0.2, -0.15) is 0 Å². The van der Waals surface area contributed by atoms with Crippen LogP contribution in [-0.4, -0.2) is 42.7 Å². The summed E-state index contributed by atoms with van der Waals surface area (Å²) in [6.07, 6.45) is 0.651. The highest BCUT2D eigenvalue weighted by atomic mass is 35.5. The number of nitrogens with zero attached hydrogens (tertiary/aromatic N) is 1. The third-order valence-electron chi connectivity index (χ3n) is 2.96. The standard InChI is InChI=1S/C15H20ClNO3S/c1-3-17(10-8-15(19)20-2)14(18)9-11-21-13-7-5-4-6-12(13)16/h4-7H,3,8-11H2,1-2H3. The van der Waals surface area contributed by atoms with Crippen molar-refractivity contribution in [3.05, 3.63) is 29.3 Å². The number of methoxy groups -OCH3 is 1. The minimum absolute atomic E-state index is 0.0426. The van der Waals surface area contributed by atoms with Crippen LogP contribution >= 0.6 is 23.4 Å². The van der Waals surface area contributed by atoms with Gasteiger partial charge in [0.15, 0.2) is 0 Å². The van der Waals surface area contributed by atoms with Gasteiger partial charge in [0.2, 0.25) is 5.91 Å². The summed E-state index contributed by atoms with van der Waals surface area (Å²) < 4.78 is 4.58. The number of thioether (sulfide) groups is 1. The molecule has 116 valence electrons. The summed E-state index contributed by atoms with van der Waals surface area (Å²) >= 11 is 7.62. The number of hydrogen-bond donors (Lipinski definition) is 0. The fraction of sp³-hybridized carbons (Fsp3) is 0.467. The monoisotopic (exact) mass is 329 g/mol. The number of carbonyl (C=O) groups is 2. The Bertz CT molecular complexity index is 482. The van der Waals surface area contributed by atoms with E-state index in [1.165, 1.54) is 7.11 Å². The molecule has 0 fully saturated rings. The van der Waals surface area contributed by atoms with Crippen LogP contribution in [-0.2, 0) is 14.3 Å². The van der Waals surface area contributed by atoms with Crippen LogP contribution in [0.2, 0.25) is 5.02 Å². The van der Waals surface area contributed by atoms with E-state index in [0.29, 0.717) is 30.3 Å². The van der Waals surface area contributed by atoms with Gasteiger partial charge in [0.25, 0.3) is 0 Å². The second kappa shape index (κ2) is 9.68. The molecule has 1 rings (SSSR count). The van der Waals surface area contributed by atoms with E-state index < -0.39 is 0 Å². The summed E-state index contributed by atoms with van der Waals surface area (Å²) in [5, 5.41) is 0.702. The molecule has 0 radical (unpaired) electrons. The fourth-order valence-corrected chi connectivity index (χ4v) is 2.93. The quantitative estimate of drug-likeness (QED) is 0.542. The van der Waals surface area contributed by atoms with E-state index in [0.717, 1.165) is 4.90 Å². The Balaban J connectivity index is 2.37. The van der Waals surface area contributed by atoms with Crippen LogP contribution < -0.4 is 0 Å². The van der Waals surface area contributed by atoms with Gasteiger partial charge in [-0.25, -0.2) is 0 Å². The zero-order valence-electron chi connectivity index (χ0n) is 12.3. The molecule has 0 aliphatic carbocycles. The molecule has 1 aromatic carbocycles. The molecule has 0 aliphatic heterocycles. The maximum atomic E-state index is 12.1. The number of halogens is 1. The molecule has 0 N–H and O–H groups in total. The van der Waals surface area contributed by atoms with Gasteiger partial charge in [-0.05, 0) is 19.1 Å². The zero-order valence-corrected chi connectivity index (χ0v) is 13.9. The Morgan fingerprint density at radius 2 is 2.00 bits per heavy atom. The van der Waals surface area contributed by atoms with E-state index in [9.17, 15) is 9.59 Å². The van der Waals surface area contributed by atoms with Crippen molar-refractivity contribution in [2.24, 2.45) is 0 Å². The van der Waals surface area contributed by atoms with Crippen molar-refractivity contribution in [2.75, 3.05) is 26.0 Å². The molecule has 0 aromatic heterocycles. The fourth-order valence-electron chi connectivity index (χ4n) is 1.76. The van der Waals surface area contributed by atoms with Crippen molar-refractivity contribution in [3.8, 4) is 0 Å². The normalized spacial score (nSPS) is 10.2. The molecule has 0 atom stereocenters. The van der Waals surface area contributed by atoms with Crippen LogP contribution in [0.3, 0.4) is 0 Å². The Morgan fingerprint density at radius 1 is 1.29 bits per heavy atom. The average molecular weight is 330 g/mol. The largest absolute Gasteiger partial charge is 0.469 e. The van der Waals surface area contributed by atoms with Crippen LogP contribution in [0, 0.1) is 0 Å². The molecule has 0 heterocycles. The van der Waals surface area contributed by atoms with E-state index in [1.807, 2.05) is 31.2 Å². The second-order valence-electron chi connectivity index (χ2n) is 4.33. The van der Waals surface area contributed by atoms with Crippen LogP contribution in [0.25, 0.3) is 0 Å². The van der Waals surface area contributed by atoms with Crippen LogP contribution in [0.4, 0.5) is 0 Å². The van der Waals surface area contributed by atoms with E-state index in [2.05, 4.69) is 4.74 Å². The van der Waals surface area contributed by atoms with Crippen LogP contribution in [0.1, 0.15) is 19.8 Å². The Morgan fingerprint density at radius 3 is 2.62 bits per heavy atom. The molecule has 4 nitrogen and oxygen atoms in total. The zero-order chi connectivity index (χ0) is 15.7. The summed E-state index contributed by atoms with van der Waals surface area (Å²) in [5.41, 5.74) is 0. The molecule has 0 aliphatic rings. The Hall–Kier alpha value is -1.20. The molecule has 0 saturated carbocycles. The van der Waals surface area contributed by atoms with E-state index in [1.54, 1.807) is 16.7 Å². The van der Waals surface area contributed by atoms with Gasteiger partial charge in [-0.3, -0.25) is 9.59 Å². The number of carbonyl (C=O) groups excluding carboxylic acids is 2. The van der Waals surface area contributed by atoms with E-state index in [-0.39, 0.29) is 18.3 Å². The third kappa shape index (κ3) is 6.40. The van der Waals surface area contributed by atoms with Crippen molar-refractivity contribution in [3.63, 3.8) is 0 Å². The SMILES string of the molecule is CCN(CCC(=O)OC)C(=O)CCSc1ccccc1Cl. The number of hydrogen-bond acceptors (Lipinski definition) is 4. The number of esters is 1. The van der Waals surface area contributed by atoms with Gasteiger partial charge in [0, 0.05) is 30.2 Å². The van der Waals surface area contributed by atoms with Crippen LogP contribution in [0.15, 0.2) is 29.2 Å². The number of ether oxygens (including phenoxy) is 1. The van der Waals surface area contributed by atoms with Crippen molar-refractivity contribution in [2.45, 2.75) is 24.7 Å². The predicted molar refractivity (Wildman–Crippen MR) is 85.7 cm³/mol. The lowest BCUT2D eigenvalue weighted by Crippen LogP contribution is -2.33. The maximum absolute atomic E-state index is 12.1. The van der Waals surface area contributed by atoms with Gasteiger partial charge in [-0.1, -0.05) is 23.7 Å². The number of amides is 1. The van der Waals surface area contributed by atoms with E-state index in [4.69, 9.17) is 11.6 Å². The van der Waals surface area contributed by atoms with Gasteiger partial charge in [-0.15, -0.1) is 11.8 Å². The lowest BCUT2D eigenvalue weighted by Gasteiger charge is -2.20. The molecular formula is C15H20ClNO3S. The summed E-state index contributed by atoms with van der Waals surface area (Å²) in [5.74, 6) is 0.407. The minimum atomic E-state index is -0.299. The van der Waals surface area contributed by atoms with Gasteiger partial charge >= 0.3 is 5.97 Å². The average Bonchev–Trinajstić information content (AvgIpc) is 2.49. The molecular weight excluding hydrogens is 310 g/mol. The number of benzene rings is 1. The van der Waals surface area contributed by atoms with Crippen LogP contribution in [0.5, 0.6) is 0 Å². The molecule has 0 unspecified atom stereocenters. The summed E-state index contributed by atoms with van der Waals surface area (Å²) in [4.78, 5) is 25.8. The molecule has 6 heteroatoms. The topological polar surface area (TPSA) is 46.6 Å². The maximum Gasteiger partial charge on any atom is 0.307 e. The first-order chi connectivity index (χ1) is 10.1. The summed E-state index contributed by atoms with van der Waals surface area (Å²) in [7, 11) is 1.35. The van der Waals surface area contributed by atoms with Crippen molar-refractivity contribution in [1.29, 1.82) is 0 Å². The summed E-state index contributed by atoms with van der Waals surface area (Å²) in [6.45, 7) is 2.89. The van der Waals surface area contributed by atoms with Crippen molar-refractivity contribution in [1.82, 2.24) is 4.90 Å². The smallest absolute Gasteiger partial charge is 0.307 e. The first-order valence-electron chi connectivity index (χ1n) is 6.80. The molecule has 1 aromatic rings. The highest BCUT2D eigenvalue weighted by Gasteiger charge is 2.13.